The second kappa shape index (κ2) is 15.5. The Bertz CT molecular complexity index is 1900. The number of para-hydroxylation sites is 1. The average molecular weight is 713 g/mol. The van der Waals surface area contributed by atoms with Gasteiger partial charge in [-0.15, -0.1) is 0 Å². The fourth-order valence-electron chi connectivity index (χ4n) is 6.26. The topological polar surface area (TPSA) is 127 Å². The third-order valence-electron chi connectivity index (χ3n) is 8.83. The summed E-state index contributed by atoms with van der Waals surface area (Å²) in [6.45, 7) is 2.22. The number of ether oxygens (including phenoxy) is 4. The molecule has 2 aliphatic heterocycles. The second-order valence-corrected chi connectivity index (χ2v) is 12.3. The zero-order chi connectivity index (χ0) is 36.1. The Morgan fingerprint density at radius 1 is 0.882 bits per heavy atom. The lowest BCUT2D eigenvalue weighted by molar-refractivity contribution is -0.139. The maximum Gasteiger partial charge on any atom is 0.299 e. The van der Waals surface area contributed by atoms with Crippen LogP contribution in [0.3, 0.4) is 0 Å². The van der Waals surface area contributed by atoms with Crippen LogP contribution < -0.4 is 29.3 Å². The van der Waals surface area contributed by atoms with E-state index in [4.69, 9.17) is 30.5 Å². The number of nitrogens with zero attached hydrogens (tertiary/aromatic N) is 3. The highest BCUT2D eigenvalue weighted by molar-refractivity contribution is 6.52. The van der Waals surface area contributed by atoms with Crippen molar-refractivity contribution >= 4 is 52.2 Å². The van der Waals surface area contributed by atoms with Crippen molar-refractivity contribution in [2.75, 3.05) is 69.3 Å². The first-order valence-electron chi connectivity index (χ1n) is 16.2. The van der Waals surface area contributed by atoms with E-state index in [0.29, 0.717) is 46.5 Å². The minimum absolute atomic E-state index is 0.0572. The smallest absolute Gasteiger partial charge is 0.299 e. The molecule has 1 unspecified atom stereocenters. The molecular formula is C38H37ClN4O8. The third-order valence-corrected chi connectivity index (χ3v) is 9.08. The molecular weight excluding hydrogens is 676 g/mol. The number of benzene rings is 4. The van der Waals surface area contributed by atoms with Crippen molar-refractivity contribution in [3.8, 4) is 17.2 Å². The molecule has 12 nitrogen and oxygen atoms in total. The lowest BCUT2D eigenvalue weighted by atomic mass is 10.0. The predicted octanol–water partition coefficient (Wildman–Crippen LogP) is 5.14. The average Bonchev–Trinajstić information content (AvgIpc) is 3.40. The van der Waals surface area contributed by atoms with Gasteiger partial charge in [-0.05, 0) is 71.8 Å². The summed E-state index contributed by atoms with van der Waals surface area (Å²) in [5.41, 5.74) is 3.03. The molecule has 1 saturated heterocycles. The molecule has 4 aromatic rings. The highest BCUT2D eigenvalue weighted by Gasteiger charge is 2.40. The van der Waals surface area contributed by atoms with Crippen LogP contribution in [0.5, 0.6) is 17.2 Å². The van der Waals surface area contributed by atoms with Gasteiger partial charge in [-0.1, -0.05) is 35.9 Å². The molecule has 3 amide bonds. The minimum atomic E-state index is -1.29. The number of amides is 3. The fraction of sp³-hybridized carbons (Fsp3) is 0.263. The Kier molecular flexibility index (Phi) is 10.7. The van der Waals surface area contributed by atoms with Gasteiger partial charge in [-0.3, -0.25) is 24.1 Å². The Hall–Kier alpha value is -5.59. The molecule has 2 heterocycles. The normalized spacial score (nSPS) is 14.5. The molecule has 6 rings (SSSR count). The van der Waals surface area contributed by atoms with Crippen LogP contribution >= 0.6 is 11.6 Å². The first kappa shape index (κ1) is 35.2. The standard InChI is InChI=1S/C38H37ClN4O8/c1-48-31-20-25(21-32(49-2)36(31)50-3)34(37(46)40-27-12-14-28(15-13-27)41-16-18-51-19-17-41)43(22-24-8-10-26(39)11-9-24)33(44)23-42-30-7-5-4-6-29(30)35(45)38(42)47/h4-15,20-21,34H,16-19,22-23H2,1-3H3,(H,40,46). The summed E-state index contributed by atoms with van der Waals surface area (Å²) in [6, 6.07) is 22.7. The zero-order valence-electron chi connectivity index (χ0n) is 28.4. The van der Waals surface area contributed by atoms with Crippen LogP contribution in [0, 0.1) is 0 Å². The van der Waals surface area contributed by atoms with E-state index in [1.165, 1.54) is 26.2 Å². The van der Waals surface area contributed by atoms with Crippen molar-refractivity contribution in [1.82, 2.24) is 4.90 Å². The van der Waals surface area contributed by atoms with Crippen LogP contribution in [-0.4, -0.2) is 82.6 Å². The van der Waals surface area contributed by atoms with Crippen LogP contribution in [0.25, 0.3) is 0 Å². The number of hydrogen-bond acceptors (Lipinski definition) is 9. The van der Waals surface area contributed by atoms with Gasteiger partial charge in [0.05, 0.1) is 45.8 Å². The fourth-order valence-corrected chi connectivity index (χ4v) is 6.39. The Balaban J connectivity index is 1.42. The van der Waals surface area contributed by atoms with Gasteiger partial charge in [-0.25, -0.2) is 0 Å². The molecule has 1 atom stereocenters. The number of ketones is 1. The van der Waals surface area contributed by atoms with Gasteiger partial charge in [0.15, 0.2) is 11.5 Å². The molecule has 264 valence electrons. The third kappa shape index (κ3) is 7.47. The highest BCUT2D eigenvalue weighted by Crippen LogP contribution is 2.41. The predicted molar refractivity (Wildman–Crippen MR) is 192 cm³/mol. The van der Waals surface area contributed by atoms with Gasteiger partial charge in [0, 0.05) is 36.0 Å². The number of nitrogens with one attached hydrogen (secondary N) is 1. The molecule has 51 heavy (non-hydrogen) atoms. The van der Waals surface area contributed by atoms with Crippen LogP contribution in [0.15, 0.2) is 84.9 Å². The van der Waals surface area contributed by atoms with E-state index >= 15 is 0 Å². The summed E-state index contributed by atoms with van der Waals surface area (Å²) in [6.07, 6.45) is 0. The summed E-state index contributed by atoms with van der Waals surface area (Å²) in [5.74, 6) is -1.84. The van der Waals surface area contributed by atoms with E-state index in [0.717, 1.165) is 23.7 Å². The van der Waals surface area contributed by atoms with E-state index in [-0.39, 0.29) is 23.6 Å². The largest absolute Gasteiger partial charge is 0.493 e. The number of methoxy groups -OCH3 is 3. The van der Waals surface area contributed by atoms with Crippen molar-refractivity contribution in [2.24, 2.45) is 0 Å². The molecule has 4 aromatic carbocycles. The molecule has 13 heteroatoms. The first-order valence-corrected chi connectivity index (χ1v) is 16.6. The quantitative estimate of drug-likeness (QED) is 0.199. The van der Waals surface area contributed by atoms with Crippen molar-refractivity contribution < 1.29 is 38.1 Å². The van der Waals surface area contributed by atoms with E-state index < -0.39 is 36.1 Å². The highest BCUT2D eigenvalue weighted by atomic mass is 35.5. The SMILES string of the molecule is COc1cc(C(C(=O)Nc2ccc(N3CCOCC3)cc2)N(Cc2ccc(Cl)cc2)C(=O)CN2C(=O)C(=O)c3ccccc32)cc(OC)c1OC. The summed E-state index contributed by atoms with van der Waals surface area (Å²) in [4.78, 5) is 59.9. The van der Waals surface area contributed by atoms with E-state index in [1.807, 2.05) is 12.1 Å². The van der Waals surface area contributed by atoms with E-state index in [2.05, 4.69) is 10.2 Å². The van der Waals surface area contributed by atoms with Gasteiger partial charge >= 0.3 is 0 Å². The lowest BCUT2D eigenvalue weighted by Crippen LogP contribution is -2.46. The molecule has 2 aliphatic rings. The van der Waals surface area contributed by atoms with Crippen molar-refractivity contribution in [1.29, 1.82) is 0 Å². The molecule has 0 aromatic heterocycles. The molecule has 0 aliphatic carbocycles. The number of carbonyl (C=O) groups is 4. The van der Waals surface area contributed by atoms with Crippen molar-refractivity contribution in [2.45, 2.75) is 12.6 Å². The second-order valence-electron chi connectivity index (χ2n) is 11.9. The number of halogens is 1. The Labute approximate surface area is 300 Å². The molecule has 0 radical (unpaired) electrons. The Morgan fingerprint density at radius 3 is 2.16 bits per heavy atom. The zero-order valence-corrected chi connectivity index (χ0v) is 29.1. The van der Waals surface area contributed by atoms with Crippen LogP contribution in [0.1, 0.15) is 27.5 Å². The number of Topliss-reactive ketones (excluding diaryl/α,β-unsaturated/α-hetero) is 1. The first-order chi connectivity index (χ1) is 24.7. The number of fused-ring (bicyclic) bond motifs is 1. The number of anilines is 3. The van der Waals surface area contributed by atoms with Crippen LogP contribution in [0.4, 0.5) is 17.1 Å². The maximum atomic E-state index is 14.6. The van der Waals surface area contributed by atoms with E-state index in [9.17, 15) is 19.2 Å². The number of hydrogen-bond donors (Lipinski definition) is 1. The van der Waals surface area contributed by atoms with Gasteiger partial charge in [0.1, 0.15) is 12.6 Å². The van der Waals surface area contributed by atoms with Crippen LogP contribution in [-0.2, 0) is 25.7 Å². The number of morpholine rings is 1. The molecule has 1 fully saturated rings. The summed E-state index contributed by atoms with van der Waals surface area (Å²) < 4.78 is 22.3. The summed E-state index contributed by atoms with van der Waals surface area (Å²) in [5, 5.41) is 3.48. The molecule has 1 N–H and O–H groups in total. The van der Waals surface area contributed by atoms with Crippen LogP contribution in [0.2, 0.25) is 5.02 Å². The van der Waals surface area contributed by atoms with Crippen molar-refractivity contribution in [3.63, 3.8) is 0 Å². The molecule has 0 spiro atoms. The molecule has 0 bridgehead atoms. The summed E-state index contributed by atoms with van der Waals surface area (Å²) in [7, 11) is 4.37. The number of carbonyl (C=O) groups excluding carboxylic acids is 4. The molecule has 0 saturated carbocycles. The minimum Gasteiger partial charge on any atom is -0.493 e. The van der Waals surface area contributed by atoms with Crippen molar-refractivity contribution in [3.05, 3.63) is 107 Å². The van der Waals surface area contributed by atoms with Gasteiger partial charge < -0.3 is 34.1 Å². The van der Waals surface area contributed by atoms with Gasteiger partial charge in [0.2, 0.25) is 11.7 Å². The van der Waals surface area contributed by atoms with Gasteiger partial charge in [0.25, 0.3) is 17.6 Å². The van der Waals surface area contributed by atoms with Gasteiger partial charge in [-0.2, -0.15) is 0 Å². The lowest BCUT2D eigenvalue weighted by Gasteiger charge is -2.33. The monoisotopic (exact) mass is 712 g/mol. The summed E-state index contributed by atoms with van der Waals surface area (Å²) >= 11 is 6.19. The Morgan fingerprint density at radius 2 is 1.53 bits per heavy atom. The number of rotatable bonds is 12. The van der Waals surface area contributed by atoms with E-state index in [1.54, 1.807) is 72.8 Å². The maximum absolute atomic E-state index is 14.6.